The minimum Gasteiger partial charge on any atom is -0.493 e. The third-order valence-corrected chi connectivity index (χ3v) is 5.80. The van der Waals surface area contributed by atoms with Crippen LogP contribution in [0.1, 0.15) is 34.8 Å². The van der Waals surface area contributed by atoms with Gasteiger partial charge in [0.2, 0.25) is 5.88 Å². The Morgan fingerprint density at radius 3 is 2.62 bits per heavy atom. The van der Waals surface area contributed by atoms with Crippen molar-refractivity contribution in [1.29, 1.82) is 0 Å². The number of ether oxygens (including phenoxy) is 2. The number of methoxy groups -OCH3 is 1. The van der Waals surface area contributed by atoms with Crippen molar-refractivity contribution >= 4 is 5.91 Å². The van der Waals surface area contributed by atoms with Crippen LogP contribution in [0, 0.1) is 0 Å². The van der Waals surface area contributed by atoms with Crippen LogP contribution in [0.15, 0.2) is 73.4 Å². The Labute approximate surface area is 197 Å². The lowest BCUT2D eigenvalue weighted by Gasteiger charge is -2.32. The number of rotatable bonds is 6. The second kappa shape index (κ2) is 9.70. The van der Waals surface area contributed by atoms with Gasteiger partial charge in [0.05, 0.1) is 12.7 Å². The number of piperidine rings is 1. The summed E-state index contributed by atoms with van der Waals surface area (Å²) in [6.07, 6.45) is 10.1. The summed E-state index contributed by atoms with van der Waals surface area (Å²) in [7, 11) is 1.60. The average Bonchev–Trinajstić information content (AvgIpc) is 3.44. The van der Waals surface area contributed by atoms with Crippen molar-refractivity contribution in [2.24, 2.45) is 0 Å². The molecule has 9 heteroatoms. The van der Waals surface area contributed by atoms with Crippen LogP contribution in [0.4, 0.5) is 0 Å². The van der Waals surface area contributed by atoms with Gasteiger partial charge < -0.3 is 14.4 Å². The number of aromatic nitrogens is 5. The summed E-state index contributed by atoms with van der Waals surface area (Å²) in [6.45, 7) is 1.21. The minimum atomic E-state index is -0.0553. The summed E-state index contributed by atoms with van der Waals surface area (Å²) >= 11 is 0. The molecule has 1 saturated heterocycles. The van der Waals surface area contributed by atoms with Crippen LogP contribution >= 0.6 is 0 Å². The molecule has 1 atom stereocenters. The molecule has 0 radical (unpaired) electrons. The molecule has 0 saturated carbocycles. The first-order chi connectivity index (χ1) is 16.7. The molecule has 5 rings (SSSR count). The van der Waals surface area contributed by atoms with Gasteiger partial charge in [0.15, 0.2) is 17.3 Å². The molecule has 34 heavy (non-hydrogen) atoms. The molecule has 4 heterocycles. The second-order valence-corrected chi connectivity index (χ2v) is 7.95. The molecule has 1 aliphatic rings. The zero-order valence-electron chi connectivity index (χ0n) is 18.7. The fraction of sp³-hybridized carbons (Fsp3) is 0.240. The Morgan fingerprint density at radius 1 is 1.00 bits per heavy atom. The molecule has 1 aliphatic heterocycles. The molecule has 0 unspecified atom stereocenters. The van der Waals surface area contributed by atoms with Gasteiger partial charge in [0, 0.05) is 50.0 Å². The standard InChI is InChI=1S/C25H24N6O3/c1-33-20-7-2-3-8-21(20)34-24-23(26-12-13-27-24)19-6-4-14-30(17-19)25(32)18-9-10-22(28-16-18)31-15-5-11-29-31/h2-3,5,7-13,15-16,19H,4,6,14,17H2,1H3/t19-/m0/s1. The number of carbonyl (C=O) groups excluding carboxylic acids is 1. The van der Waals surface area contributed by atoms with Gasteiger partial charge in [-0.25, -0.2) is 14.6 Å². The Bertz CT molecular complexity index is 1260. The first-order valence-corrected chi connectivity index (χ1v) is 11.1. The molecule has 172 valence electrons. The van der Waals surface area contributed by atoms with Crippen LogP contribution in [0.5, 0.6) is 17.4 Å². The zero-order chi connectivity index (χ0) is 23.3. The van der Waals surface area contributed by atoms with E-state index in [1.54, 1.807) is 48.7 Å². The van der Waals surface area contributed by atoms with Gasteiger partial charge in [-0.15, -0.1) is 0 Å². The number of likely N-dealkylation sites (tertiary alicyclic amines) is 1. The van der Waals surface area contributed by atoms with E-state index >= 15 is 0 Å². The molecule has 0 N–H and O–H groups in total. The Hall–Kier alpha value is -4.27. The van der Waals surface area contributed by atoms with E-state index in [1.807, 2.05) is 41.4 Å². The summed E-state index contributed by atoms with van der Waals surface area (Å²) in [4.78, 5) is 28.4. The van der Waals surface area contributed by atoms with Crippen molar-refractivity contribution in [2.75, 3.05) is 20.2 Å². The fourth-order valence-electron chi connectivity index (χ4n) is 4.12. The van der Waals surface area contributed by atoms with Gasteiger partial charge >= 0.3 is 0 Å². The van der Waals surface area contributed by atoms with E-state index < -0.39 is 0 Å². The quantitative estimate of drug-likeness (QED) is 0.434. The number of benzene rings is 1. The van der Waals surface area contributed by atoms with E-state index in [0.717, 1.165) is 18.5 Å². The van der Waals surface area contributed by atoms with Crippen molar-refractivity contribution in [2.45, 2.75) is 18.8 Å². The van der Waals surface area contributed by atoms with Crippen LogP contribution in [0.25, 0.3) is 5.82 Å². The monoisotopic (exact) mass is 456 g/mol. The Morgan fingerprint density at radius 2 is 1.85 bits per heavy atom. The summed E-state index contributed by atoms with van der Waals surface area (Å²) in [6, 6.07) is 12.8. The molecule has 0 aliphatic carbocycles. The first-order valence-electron chi connectivity index (χ1n) is 11.1. The van der Waals surface area contributed by atoms with Gasteiger partial charge in [0.1, 0.15) is 5.69 Å². The van der Waals surface area contributed by atoms with Gasteiger partial charge in [-0.3, -0.25) is 9.78 Å². The molecular formula is C25H24N6O3. The van der Waals surface area contributed by atoms with Gasteiger partial charge in [-0.1, -0.05) is 12.1 Å². The lowest BCUT2D eigenvalue weighted by Crippen LogP contribution is -2.39. The normalized spacial score (nSPS) is 15.7. The molecule has 1 aromatic carbocycles. The highest BCUT2D eigenvalue weighted by atomic mass is 16.5. The number of amides is 1. The third-order valence-electron chi connectivity index (χ3n) is 5.80. The number of hydrogen-bond acceptors (Lipinski definition) is 7. The van der Waals surface area contributed by atoms with Crippen molar-refractivity contribution in [3.8, 4) is 23.2 Å². The predicted octanol–water partition coefficient (Wildman–Crippen LogP) is 3.88. The van der Waals surface area contributed by atoms with Crippen LogP contribution in [0.2, 0.25) is 0 Å². The fourth-order valence-corrected chi connectivity index (χ4v) is 4.12. The maximum atomic E-state index is 13.2. The van der Waals surface area contributed by atoms with Gasteiger partial charge in [-0.2, -0.15) is 5.10 Å². The average molecular weight is 457 g/mol. The van der Waals surface area contributed by atoms with Crippen LogP contribution < -0.4 is 9.47 Å². The summed E-state index contributed by atoms with van der Waals surface area (Å²) in [5.41, 5.74) is 1.28. The number of carbonyl (C=O) groups is 1. The Balaban J connectivity index is 1.33. The largest absolute Gasteiger partial charge is 0.493 e. The molecule has 1 amide bonds. The highest BCUT2D eigenvalue weighted by Crippen LogP contribution is 2.36. The number of hydrogen-bond donors (Lipinski definition) is 0. The van der Waals surface area contributed by atoms with Crippen molar-refractivity contribution in [1.82, 2.24) is 29.6 Å². The topological polar surface area (TPSA) is 95.3 Å². The molecule has 3 aromatic heterocycles. The van der Waals surface area contributed by atoms with Crippen molar-refractivity contribution < 1.29 is 14.3 Å². The first kappa shape index (κ1) is 21.6. The summed E-state index contributed by atoms with van der Waals surface area (Å²) in [5.74, 6) is 2.23. The zero-order valence-corrected chi connectivity index (χ0v) is 18.7. The maximum Gasteiger partial charge on any atom is 0.255 e. The van der Waals surface area contributed by atoms with E-state index in [9.17, 15) is 4.79 Å². The molecular weight excluding hydrogens is 432 g/mol. The Kier molecular flexibility index (Phi) is 6.15. The van der Waals surface area contributed by atoms with Gasteiger partial charge in [0.25, 0.3) is 5.91 Å². The number of nitrogens with zero attached hydrogens (tertiary/aromatic N) is 6. The molecule has 0 bridgehead atoms. The maximum absolute atomic E-state index is 13.2. The smallest absolute Gasteiger partial charge is 0.255 e. The van der Waals surface area contributed by atoms with Crippen LogP contribution in [-0.4, -0.2) is 55.7 Å². The van der Waals surface area contributed by atoms with E-state index in [-0.39, 0.29) is 11.8 Å². The SMILES string of the molecule is COc1ccccc1Oc1nccnc1[C@H]1CCCN(C(=O)c2ccc(-n3cccn3)nc2)C1. The molecule has 0 spiro atoms. The van der Waals surface area contributed by atoms with E-state index in [2.05, 4.69) is 20.1 Å². The third kappa shape index (κ3) is 4.45. The van der Waals surface area contributed by atoms with E-state index in [0.29, 0.717) is 41.8 Å². The minimum absolute atomic E-state index is 0.00686. The highest BCUT2D eigenvalue weighted by molar-refractivity contribution is 5.94. The van der Waals surface area contributed by atoms with Crippen LogP contribution in [-0.2, 0) is 0 Å². The number of pyridine rings is 1. The van der Waals surface area contributed by atoms with Crippen molar-refractivity contribution in [3.63, 3.8) is 0 Å². The summed E-state index contributed by atoms with van der Waals surface area (Å²) in [5, 5.41) is 4.17. The van der Waals surface area contributed by atoms with E-state index in [4.69, 9.17) is 9.47 Å². The van der Waals surface area contributed by atoms with Crippen molar-refractivity contribution in [3.05, 3.63) is 84.7 Å². The lowest BCUT2D eigenvalue weighted by molar-refractivity contribution is 0.0704. The summed E-state index contributed by atoms with van der Waals surface area (Å²) < 4.78 is 13.1. The number of para-hydroxylation sites is 2. The van der Waals surface area contributed by atoms with Crippen LogP contribution in [0.3, 0.4) is 0 Å². The van der Waals surface area contributed by atoms with Gasteiger partial charge in [-0.05, 0) is 43.2 Å². The molecule has 9 nitrogen and oxygen atoms in total. The van der Waals surface area contributed by atoms with E-state index in [1.165, 1.54) is 0 Å². The molecule has 1 fully saturated rings. The molecule has 4 aromatic rings. The highest BCUT2D eigenvalue weighted by Gasteiger charge is 2.29. The predicted molar refractivity (Wildman–Crippen MR) is 124 cm³/mol. The second-order valence-electron chi connectivity index (χ2n) is 7.95. The lowest BCUT2D eigenvalue weighted by atomic mass is 9.94.